The Hall–Kier alpha value is -1.91. The van der Waals surface area contributed by atoms with Crippen molar-refractivity contribution in [3.63, 3.8) is 0 Å². The molecular weight excluding hydrogens is 208 g/mol. The summed E-state index contributed by atoms with van der Waals surface area (Å²) in [5.74, 6) is -0.544. The molecule has 0 aromatic heterocycles. The topological polar surface area (TPSA) is 72.2 Å². The zero-order valence-electron chi connectivity index (χ0n) is 9.10. The van der Waals surface area contributed by atoms with Gasteiger partial charge in [-0.05, 0) is 18.9 Å². The number of carbonyl (C=O) groups is 1. The van der Waals surface area contributed by atoms with Gasteiger partial charge >= 0.3 is 0 Å². The van der Waals surface area contributed by atoms with E-state index in [0.29, 0.717) is 13.0 Å². The molecule has 5 nitrogen and oxygen atoms in total. The van der Waals surface area contributed by atoms with E-state index in [1.807, 2.05) is 31.2 Å². The van der Waals surface area contributed by atoms with Crippen molar-refractivity contribution in [1.82, 2.24) is 5.32 Å². The van der Waals surface area contributed by atoms with Crippen LogP contribution in [0.2, 0.25) is 0 Å². The second kappa shape index (κ2) is 5.85. The van der Waals surface area contributed by atoms with Crippen molar-refractivity contribution in [2.45, 2.75) is 13.3 Å². The minimum atomic E-state index is -0.659. The van der Waals surface area contributed by atoms with E-state index in [0.717, 1.165) is 5.56 Å². The summed E-state index contributed by atoms with van der Waals surface area (Å²) in [6.45, 7) is 1.77. The number of carbonyl (C=O) groups excluding carboxylic acids is 1. The summed E-state index contributed by atoms with van der Waals surface area (Å²) in [5.41, 5.74) is 2.29. The van der Waals surface area contributed by atoms with Gasteiger partial charge in [-0.2, -0.15) is 0 Å². The smallest absolute Gasteiger partial charge is 0.291 e. The summed E-state index contributed by atoms with van der Waals surface area (Å²) in [7, 11) is 0. The maximum Gasteiger partial charge on any atom is 0.291 e. The first-order valence-electron chi connectivity index (χ1n) is 5.02. The third-order valence-electron chi connectivity index (χ3n) is 2.13. The van der Waals surface area contributed by atoms with Gasteiger partial charge < -0.3 is 5.32 Å². The van der Waals surface area contributed by atoms with Gasteiger partial charge in [0.05, 0.1) is 0 Å². The van der Waals surface area contributed by atoms with Gasteiger partial charge in [0.25, 0.3) is 12.5 Å². The zero-order chi connectivity index (χ0) is 12.0. The summed E-state index contributed by atoms with van der Waals surface area (Å²) < 4.78 is 0. The van der Waals surface area contributed by atoms with Crippen molar-refractivity contribution in [1.29, 1.82) is 0 Å². The quantitative estimate of drug-likeness (QED) is 0.595. The normalized spacial score (nSPS) is 9.81. The summed E-state index contributed by atoms with van der Waals surface area (Å²) in [4.78, 5) is 20.3. The maximum atomic E-state index is 10.9. The van der Waals surface area contributed by atoms with Gasteiger partial charge in [-0.3, -0.25) is 14.9 Å². The van der Waals surface area contributed by atoms with Crippen LogP contribution >= 0.6 is 0 Å². The Balaban J connectivity index is 2.28. The summed E-state index contributed by atoms with van der Waals surface area (Å²) in [6, 6.07) is 7.95. The molecule has 0 saturated heterocycles. The average Bonchev–Trinajstić information content (AvgIpc) is 2.20. The molecular formula is C11H14N2O3. The zero-order valence-corrected chi connectivity index (χ0v) is 9.10. The molecule has 1 rings (SSSR count). The van der Waals surface area contributed by atoms with Gasteiger partial charge in [-0.15, -0.1) is 0 Å². The van der Waals surface area contributed by atoms with E-state index in [4.69, 9.17) is 0 Å². The number of hydrogen-bond acceptors (Lipinski definition) is 3. The Morgan fingerprint density at radius 3 is 2.56 bits per heavy atom. The Kier molecular flexibility index (Phi) is 4.44. The minimum absolute atomic E-state index is 0.426. The lowest BCUT2D eigenvalue weighted by molar-refractivity contribution is -0.467. The summed E-state index contributed by atoms with van der Waals surface area (Å²) in [5, 5.41) is 12.5. The van der Waals surface area contributed by atoms with Crippen LogP contribution in [-0.4, -0.2) is 23.9 Å². The first-order chi connectivity index (χ1) is 7.58. The molecule has 0 heterocycles. The molecule has 16 heavy (non-hydrogen) atoms. The number of amides is 1. The molecule has 1 aromatic carbocycles. The van der Waals surface area contributed by atoms with E-state index in [-0.39, 0.29) is 0 Å². The van der Waals surface area contributed by atoms with E-state index >= 15 is 0 Å². The number of rotatable bonds is 5. The molecule has 0 aliphatic rings. The molecule has 0 unspecified atom stereocenters. The van der Waals surface area contributed by atoms with Gasteiger partial charge in [-0.1, -0.05) is 29.8 Å². The number of nitrogens with one attached hydrogen (secondary N) is 1. The van der Waals surface area contributed by atoms with Gasteiger partial charge in [0, 0.05) is 11.5 Å². The second-order valence-corrected chi connectivity index (χ2v) is 3.58. The fourth-order valence-corrected chi connectivity index (χ4v) is 1.27. The molecule has 86 valence electrons. The molecule has 0 bridgehead atoms. The van der Waals surface area contributed by atoms with Crippen LogP contribution in [0, 0.1) is 17.0 Å². The monoisotopic (exact) mass is 222 g/mol. The number of hydrogen-bond donors (Lipinski definition) is 1. The summed E-state index contributed by atoms with van der Waals surface area (Å²) >= 11 is 0. The molecule has 0 atom stereocenters. The van der Waals surface area contributed by atoms with E-state index in [9.17, 15) is 14.9 Å². The van der Waals surface area contributed by atoms with Crippen LogP contribution in [-0.2, 0) is 11.2 Å². The highest BCUT2D eigenvalue weighted by molar-refractivity contribution is 5.76. The lowest BCUT2D eigenvalue weighted by atomic mass is 10.1. The second-order valence-electron chi connectivity index (χ2n) is 3.58. The van der Waals surface area contributed by atoms with Crippen LogP contribution < -0.4 is 5.32 Å². The number of aryl methyl sites for hydroxylation is 1. The fraction of sp³-hybridized carbons (Fsp3) is 0.364. The molecule has 0 fully saturated rings. The SMILES string of the molecule is Cc1ccc(CCNC(=O)C[N+](=O)[O-])cc1. The largest absolute Gasteiger partial charge is 0.350 e. The highest BCUT2D eigenvalue weighted by Crippen LogP contribution is 2.02. The number of nitrogens with zero attached hydrogens (tertiary/aromatic N) is 1. The predicted molar refractivity (Wildman–Crippen MR) is 59.8 cm³/mol. The highest BCUT2D eigenvalue weighted by Gasteiger charge is 2.07. The van der Waals surface area contributed by atoms with Gasteiger partial charge in [0.15, 0.2) is 0 Å². The van der Waals surface area contributed by atoms with Crippen LogP contribution in [0.1, 0.15) is 11.1 Å². The van der Waals surface area contributed by atoms with Crippen molar-refractivity contribution in [3.8, 4) is 0 Å². The number of benzene rings is 1. The standard InChI is InChI=1S/C11H14N2O3/c1-9-2-4-10(5-3-9)6-7-12-11(14)8-13(15)16/h2-5H,6-8H2,1H3,(H,12,14). The van der Waals surface area contributed by atoms with Crippen LogP contribution in [0.3, 0.4) is 0 Å². The molecule has 0 saturated carbocycles. The lowest BCUT2D eigenvalue weighted by Gasteiger charge is -2.03. The molecule has 0 radical (unpaired) electrons. The predicted octanol–water partition coefficient (Wildman–Crippen LogP) is 0.930. The Bertz CT molecular complexity index is 373. The fourth-order valence-electron chi connectivity index (χ4n) is 1.27. The maximum absolute atomic E-state index is 10.9. The molecule has 1 aromatic rings. The summed E-state index contributed by atoms with van der Waals surface area (Å²) in [6.07, 6.45) is 0.684. The van der Waals surface area contributed by atoms with Crippen molar-refractivity contribution in [2.24, 2.45) is 0 Å². The number of nitro groups is 1. The Morgan fingerprint density at radius 2 is 2.00 bits per heavy atom. The molecule has 5 heteroatoms. The van der Waals surface area contributed by atoms with E-state index in [2.05, 4.69) is 5.32 Å². The van der Waals surface area contributed by atoms with Gasteiger partial charge in [0.2, 0.25) is 0 Å². The average molecular weight is 222 g/mol. The Labute approximate surface area is 93.6 Å². The lowest BCUT2D eigenvalue weighted by Crippen LogP contribution is -2.31. The molecule has 1 N–H and O–H groups in total. The third-order valence-corrected chi connectivity index (χ3v) is 2.13. The molecule has 1 amide bonds. The van der Waals surface area contributed by atoms with Crippen molar-refractivity contribution < 1.29 is 9.72 Å². The van der Waals surface area contributed by atoms with Crippen molar-refractivity contribution >= 4 is 5.91 Å². The van der Waals surface area contributed by atoms with E-state index in [1.165, 1.54) is 5.56 Å². The third kappa shape index (κ3) is 4.54. The molecule has 0 spiro atoms. The molecule has 0 aliphatic heterocycles. The van der Waals surface area contributed by atoms with Gasteiger partial charge in [0.1, 0.15) is 0 Å². The van der Waals surface area contributed by atoms with Crippen LogP contribution in [0.5, 0.6) is 0 Å². The first-order valence-corrected chi connectivity index (χ1v) is 5.02. The van der Waals surface area contributed by atoms with Crippen molar-refractivity contribution in [3.05, 3.63) is 45.5 Å². The Morgan fingerprint density at radius 1 is 1.38 bits per heavy atom. The van der Waals surface area contributed by atoms with Crippen LogP contribution in [0.15, 0.2) is 24.3 Å². The highest BCUT2D eigenvalue weighted by atomic mass is 16.6. The van der Waals surface area contributed by atoms with E-state index in [1.54, 1.807) is 0 Å². The van der Waals surface area contributed by atoms with E-state index < -0.39 is 17.4 Å². The first kappa shape index (κ1) is 12.2. The van der Waals surface area contributed by atoms with Crippen LogP contribution in [0.4, 0.5) is 0 Å². The van der Waals surface area contributed by atoms with Gasteiger partial charge in [-0.25, -0.2) is 0 Å². The molecule has 0 aliphatic carbocycles. The van der Waals surface area contributed by atoms with Crippen molar-refractivity contribution in [2.75, 3.05) is 13.1 Å². The minimum Gasteiger partial charge on any atom is -0.350 e. The van der Waals surface area contributed by atoms with Crippen LogP contribution in [0.25, 0.3) is 0 Å².